The minimum absolute atomic E-state index is 0.481. The molecule has 1 aromatic carbocycles. The van der Waals surface area contributed by atoms with E-state index in [1.54, 1.807) is 23.9 Å². The molecule has 0 atom stereocenters. The van der Waals surface area contributed by atoms with Gasteiger partial charge < -0.3 is 5.73 Å². The van der Waals surface area contributed by atoms with Gasteiger partial charge in [-0.2, -0.15) is 5.10 Å². The lowest BCUT2D eigenvalue weighted by atomic mass is 10.1. The number of alkyl halides is 1. The van der Waals surface area contributed by atoms with Crippen LogP contribution in [0.5, 0.6) is 0 Å². The molecule has 0 saturated heterocycles. The number of nitrogens with zero attached hydrogens (tertiary/aromatic N) is 2. The zero-order chi connectivity index (χ0) is 11.7. The van der Waals surface area contributed by atoms with Gasteiger partial charge >= 0.3 is 0 Å². The molecule has 1 heterocycles. The van der Waals surface area contributed by atoms with Crippen LogP contribution in [-0.2, 0) is 13.7 Å². The van der Waals surface area contributed by atoms with E-state index in [4.69, 9.17) is 5.73 Å². The summed E-state index contributed by atoms with van der Waals surface area (Å²) in [6.07, 6.45) is 0. The molecule has 0 aliphatic carbocycles. The van der Waals surface area contributed by atoms with Gasteiger partial charge in [0.05, 0.1) is 5.69 Å². The monoisotopic (exact) mass is 283 g/mol. The molecule has 0 aliphatic heterocycles. The van der Waals surface area contributed by atoms with Gasteiger partial charge in [0.15, 0.2) is 0 Å². The molecule has 0 bridgehead atoms. The maximum atomic E-state index is 12.5. The summed E-state index contributed by atoms with van der Waals surface area (Å²) in [6.45, 7) is -0.481. The van der Waals surface area contributed by atoms with E-state index in [9.17, 15) is 4.39 Å². The molecule has 0 radical (unpaired) electrons. The number of anilines is 1. The highest BCUT2D eigenvalue weighted by atomic mass is 79.9. The van der Waals surface area contributed by atoms with Crippen LogP contribution in [0.4, 0.5) is 10.2 Å². The second kappa shape index (κ2) is 4.25. The second-order valence-electron chi connectivity index (χ2n) is 3.52. The first-order valence-electron chi connectivity index (χ1n) is 4.76. The predicted molar refractivity (Wildman–Crippen MR) is 65.6 cm³/mol. The second-order valence-corrected chi connectivity index (χ2v) is 4.37. The van der Waals surface area contributed by atoms with E-state index in [1.165, 1.54) is 0 Å². The van der Waals surface area contributed by atoms with Crippen LogP contribution in [0, 0.1) is 0 Å². The highest BCUT2D eigenvalue weighted by Crippen LogP contribution is 2.26. The van der Waals surface area contributed by atoms with Gasteiger partial charge in [-0.1, -0.05) is 28.1 Å². The summed E-state index contributed by atoms with van der Waals surface area (Å²) in [5.74, 6) is 0.598. The molecule has 16 heavy (non-hydrogen) atoms. The largest absolute Gasteiger partial charge is 0.384 e. The molecule has 2 N–H and O–H groups in total. The molecule has 2 aromatic rings. The van der Waals surface area contributed by atoms with Crippen molar-refractivity contribution in [3.05, 3.63) is 34.3 Å². The number of aryl methyl sites for hydroxylation is 1. The molecule has 84 valence electrons. The Balaban J connectivity index is 2.45. The lowest BCUT2D eigenvalue weighted by molar-refractivity contribution is 0.484. The third-order valence-corrected chi connectivity index (χ3v) is 3.15. The Labute approximate surface area is 101 Å². The maximum Gasteiger partial charge on any atom is 0.121 e. The topological polar surface area (TPSA) is 43.8 Å². The van der Waals surface area contributed by atoms with Crippen LogP contribution in [0.15, 0.2) is 28.7 Å². The van der Waals surface area contributed by atoms with E-state index < -0.39 is 6.67 Å². The summed E-state index contributed by atoms with van der Waals surface area (Å²) in [7, 11) is 1.78. The molecule has 5 heteroatoms. The lowest BCUT2D eigenvalue weighted by Gasteiger charge is -2.02. The van der Waals surface area contributed by atoms with Crippen molar-refractivity contribution in [2.75, 3.05) is 5.73 Å². The van der Waals surface area contributed by atoms with Crippen molar-refractivity contribution in [3.63, 3.8) is 0 Å². The molecule has 0 amide bonds. The zero-order valence-electron chi connectivity index (χ0n) is 8.74. The number of rotatable bonds is 2. The third kappa shape index (κ3) is 1.95. The zero-order valence-corrected chi connectivity index (χ0v) is 10.3. The lowest BCUT2D eigenvalue weighted by Crippen LogP contribution is -1.96. The Kier molecular flexibility index (Phi) is 2.96. The Bertz CT molecular complexity index is 502. The summed E-state index contributed by atoms with van der Waals surface area (Å²) < 4.78 is 14.9. The van der Waals surface area contributed by atoms with E-state index >= 15 is 0 Å². The van der Waals surface area contributed by atoms with Crippen LogP contribution in [0.25, 0.3) is 11.3 Å². The Morgan fingerprint density at radius 2 is 2.19 bits per heavy atom. The van der Waals surface area contributed by atoms with Crippen molar-refractivity contribution < 1.29 is 4.39 Å². The SMILES string of the molecule is Cn1nc(-c2ccc(CF)c(Br)c2)cc1N. The average Bonchev–Trinajstić information content (AvgIpc) is 2.59. The number of nitrogens with two attached hydrogens (primary N) is 1. The van der Waals surface area contributed by atoms with Gasteiger partial charge in [-0.25, -0.2) is 4.39 Å². The van der Waals surface area contributed by atoms with Gasteiger partial charge in [0.25, 0.3) is 0 Å². The molecule has 1 aromatic heterocycles. The molecule has 0 aliphatic rings. The Morgan fingerprint density at radius 1 is 1.44 bits per heavy atom. The number of hydrogen-bond donors (Lipinski definition) is 1. The molecule has 3 nitrogen and oxygen atoms in total. The average molecular weight is 284 g/mol. The fraction of sp³-hybridized carbons (Fsp3) is 0.182. The molecule has 2 rings (SSSR count). The highest BCUT2D eigenvalue weighted by molar-refractivity contribution is 9.10. The van der Waals surface area contributed by atoms with Gasteiger partial charge in [0.2, 0.25) is 0 Å². The van der Waals surface area contributed by atoms with Crippen LogP contribution < -0.4 is 5.73 Å². The van der Waals surface area contributed by atoms with Gasteiger partial charge in [0.1, 0.15) is 12.5 Å². The normalized spacial score (nSPS) is 10.7. The van der Waals surface area contributed by atoms with Gasteiger partial charge in [-0.3, -0.25) is 4.68 Å². The van der Waals surface area contributed by atoms with Gasteiger partial charge in [0, 0.05) is 23.2 Å². The van der Waals surface area contributed by atoms with Crippen LogP contribution in [-0.4, -0.2) is 9.78 Å². The third-order valence-electron chi connectivity index (χ3n) is 2.41. The van der Waals surface area contributed by atoms with Crippen LogP contribution in [0.3, 0.4) is 0 Å². The molecule has 0 saturated carbocycles. The molecular weight excluding hydrogens is 273 g/mol. The van der Waals surface area contributed by atoms with E-state index in [0.717, 1.165) is 15.7 Å². The fourth-order valence-electron chi connectivity index (χ4n) is 1.44. The van der Waals surface area contributed by atoms with Crippen molar-refractivity contribution in [2.24, 2.45) is 7.05 Å². The number of hydrogen-bond acceptors (Lipinski definition) is 2. The van der Waals surface area contributed by atoms with Crippen molar-refractivity contribution in [2.45, 2.75) is 6.67 Å². The molecule has 0 fully saturated rings. The van der Waals surface area contributed by atoms with Crippen molar-refractivity contribution >= 4 is 21.7 Å². The molecule has 0 unspecified atom stereocenters. The number of benzene rings is 1. The van der Waals surface area contributed by atoms with Crippen molar-refractivity contribution in [3.8, 4) is 11.3 Å². The maximum absolute atomic E-state index is 12.5. The van der Waals surface area contributed by atoms with Crippen LogP contribution in [0.2, 0.25) is 0 Å². The summed E-state index contributed by atoms with van der Waals surface area (Å²) in [6, 6.07) is 7.21. The van der Waals surface area contributed by atoms with Gasteiger partial charge in [-0.05, 0) is 11.6 Å². The summed E-state index contributed by atoms with van der Waals surface area (Å²) >= 11 is 3.32. The van der Waals surface area contributed by atoms with E-state index in [2.05, 4.69) is 21.0 Å². The summed E-state index contributed by atoms with van der Waals surface area (Å²) in [5, 5.41) is 4.25. The Hall–Kier alpha value is -1.36. The summed E-state index contributed by atoms with van der Waals surface area (Å²) in [4.78, 5) is 0. The number of aromatic nitrogens is 2. The predicted octanol–water partition coefficient (Wildman–Crippen LogP) is 2.90. The smallest absolute Gasteiger partial charge is 0.121 e. The molecule has 0 spiro atoms. The number of nitrogen functional groups attached to an aromatic ring is 1. The van der Waals surface area contributed by atoms with Crippen molar-refractivity contribution in [1.82, 2.24) is 9.78 Å². The minimum atomic E-state index is -0.481. The van der Waals surface area contributed by atoms with Crippen LogP contribution in [0.1, 0.15) is 5.56 Å². The fourth-order valence-corrected chi connectivity index (χ4v) is 1.92. The highest BCUT2D eigenvalue weighted by Gasteiger charge is 2.07. The first-order valence-corrected chi connectivity index (χ1v) is 5.55. The van der Waals surface area contributed by atoms with Crippen LogP contribution >= 0.6 is 15.9 Å². The Morgan fingerprint density at radius 3 is 2.69 bits per heavy atom. The standard InChI is InChI=1S/C11H11BrFN3/c1-16-11(14)5-10(15-16)7-2-3-8(6-13)9(12)4-7/h2-5H,6,14H2,1H3. The first kappa shape index (κ1) is 11.1. The number of halogens is 2. The van der Waals surface area contributed by atoms with E-state index in [1.807, 2.05) is 12.1 Å². The summed E-state index contributed by atoms with van der Waals surface area (Å²) in [5.41, 5.74) is 8.03. The van der Waals surface area contributed by atoms with E-state index in [-0.39, 0.29) is 0 Å². The minimum Gasteiger partial charge on any atom is -0.384 e. The first-order chi connectivity index (χ1) is 7.61. The molecular formula is C11H11BrFN3. The van der Waals surface area contributed by atoms with Gasteiger partial charge in [-0.15, -0.1) is 0 Å². The quantitative estimate of drug-likeness (QED) is 0.921. The van der Waals surface area contributed by atoms with Crippen molar-refractivity contribution in [1.29, 1.82) is 0 Å². The van der Waals surface area contributed by atoms with E-state index in [0.29, 0.717) is 11.4 Å².